The van der Waals surface area contributed by atoms with Crippen molar-refractivity contribution in [1.29, 1.82) is 0 Å². The number of aromatic nitrogens is 2. The molecule has 31 heavy (non-hydrogen) atoms. The highest BCUT2D eigenvalue weighted by Crippen LogP contribution is 2.42. The number of ether oxygens (including phenoxy) is 4. The van der Waals surface area contributed by atoms with Gasteiger partial charge in [-0.25, -0.2) is 9.59 Å². The highest BCUT2D eigenvalue weighted by atomic mass is 16.8. The number of carbonyl (C=O) groups is 1. The first kappa shape index (κ1) is 23.0. The summed E-state index contributed by atoms with van der Waals surface area (Å²) < 4.78 is 23.7. The first-order valence-corrected chi connectivity index (χ1v) is 9.83. The Hall–Kier alpha value is -2.65. The van der Waals surface area contributed by atoms with Gasteiger partial charge in [0.2, 0.25) is 0 Å². The molecule has 4 unspecified atom stereocenters. The van der Waals surface area contributed by atoms with Crippen LogP contribution >= 0.6 is 0 Å². The lowest BCUT2D eigenvalue weighted by Crippen LogP contribution is -2.38. The van der Waals surface area contributed by atoms with Gasteiger partial charge in [-0.1, -0.05) is 11.8 Å². The molecule has 2 aliphatic heterocycles. The van der Waals surface area contributed by atoms with Crippen LogP contribution in [0.5, 0.6) is 0 Å². The molecular formula is C20H27N3O8. The van der Waals surface area contributed by atoms with Gasteiger partial charge in [0.1, 0.15) is 29.5 Å². The minimum Gasteiger partial charge on any atom is -0.444 e. The van der Waals surface area contributed by atoms with Crippen molar-refractivity contribution >= 4 is 6.09 Å². The molecule has 0 saturated carbocycles. The summed E-state index contributed by atoms with van der Waals surface area (Å²) in [4.78, 5) is 38.4. The van der Waals surface area contributed by atoms with Crippen molar-refractivity contribution in [1.82, 2.24) is 14.9 Å². The number of aliphatic hydroxyl groups is 1. The summed E-state index contributed by atoms with van der Waals surface area (Å²) in [6, 6.07) is 0. The lowest BCUT2D eigenvalue weighted by molar-refractivity contribution is -0.200. The van der Waals surface area contributed by atoms with Gasteiger partial charge in [0, 0.05) is 6.20 Å². The molecule has 1 aromatic heterocycles. The van der Waals surface area contributed by atoms with Crippen LogP contribution in [0.3, 0.4) is 0 Å². The molecule has 2 aliphatic rings. The number of nitrogens with one attached hydrogen (secondary N) is 2. The predicted octanol–water partition coefficient (Wildman–Crippen LogP) is -0.177. The van der Waals surface area contributed by atoms with E-state index in [1.165, 1.54) is 6.20 Å². The van der Waals surface area contributed by atoms with Gasteiger partial charge >= 0.3 is 11.8 Å². The molecule has 1 aromatic rings. The van der Waals surface area contributed by atoms with Crippen LogP contribution in [0.25, 0.3) is 0 Å². The van der Waals surface area contributed by atoms with Gasteiger partial charge in [-0.15, -0.1) is 0 Å². The van der Waals surface area contributed by atoms with Crippen LogP contribution in [-0.4, -0.2) is 63.6 Å². The summed E-state index contributed by atoms with van der Waals surface area (Å²) in [6.07, 6.45) is -2.22. The molecule has 170 valence electrons. The number of hydrogen-bond donors (Lipinski definition) is 3. The second-order valence-electron chi connectivity index (χ2n) is 8.68. The number of rotatable bonds is 3. The van der Waals surface area contributed by atoms with Crippen molar-refractivity contribution in [3.05, 3.63) is 32.6 Å². The first-order valence-electron chi connectivity index (χ1n) is 9.83. The van der Waals surface area contributed by atoms with E-state index in [4.69, 9.17) is 18.9 Å². The normalized spacial score (nSPS) is 26.6. The number of fused-ring (bicyclic) bond motifs is 1. The molecule has 0 aliphatic carbocycles. The zero-order valence-electron chi connectivity index (χ0n) is 18.1. The molecule has 3 N–H and O–H groups in total. The van der Waals surface area contributed by atoms with E-state index < -0.39 is 53.3 Å². The average Bonchev–Trinajstić information content (AvgIpc) is 3.11. The summed E-state index contributed by atoms with van der Waals surface area (Å²) >= 11 is 0. The Bertz CT molecular complexity index is 1010. The zero-order chi connectivity index (χ0) is 23.0. The van der Waals surface area contributed by atoms with Crippen LogP contribution in [0.4, 0.5) is 4.79 Å². The maximum atomic E-state index is 12.4. The fraction of sp³-hybridized carbons (Fsp3) is 0.650. The van der Waals surface area contributed by atoms with E-state index in [0.29, 0.717) is 0 Å². The van der Waals surface area contributed by atoms with Crippen LogP contribution in [0.2, 0.25) is 0 Å². The van der Waals surface area contributed by atoms with Gasteiger partial charge in [0.15, 0.2) is 12.0 Å². The number of hydrogen-bond acceptors (Lipinski definition) is 8. The molecule has 2 saturated heterocycles. The number of H-pyrrole nitrogens is 1. The number of nitrogens with zero attached hydrogens (tertiary/aromatic N) is 1. The fourth-order valence-electron chi connectivity index (χ4n) is 3.36. The van der Waals surface area contributed by atoms with Gasteiger partial charge in [-0.2, -0.15) is 0 Å². The molecule has 3 rings (SSSR count). The Balaban J connectivity index is 1.79. The molecule has 0 radical (unpaired) electrons. The Morgan fingerprint density at radius 2 is 2.00 bits per heavy atom. The smallest absolute Gasteiger partial charge is 0.408 e. The van der Waals surface area contributed by atoms with Crippen molar-refractivity contribution in [2.45, 2.75) is 70.5 Å². The lowest BCUT2D eigenvalue weighted by atomic mass is 10.1. The highest BCUT2D eigenvalue weighted by molar-refractivity contribution is 5.68. The Morgan fingerprint density at radius 3 is 2.65 bits per heavy atom. The number of carbonyl (C=O) groups excluding carboxylic acids is 1. The molecule has 0 spiro atoms. The van der Waals surface area contributed by atoms with Crippen molar-refractivity contribution in [3.63, 3.8) is 0 Å². The van der Waals surface area contributed by atoms with Gasteiger partial charge in [0.05, 0.1) is 13.2 Å². The molecule has 0 bridgehead atoms. The predicted molar refractivity (Wildman–Crippen MR) is 107 cm³/mol. The maximum absolute atomic E-state index is 12.4. The van der Waals surface area contributed by atoms with E-state index in [1.807, 2.05) is 0 Å². The van der Waals surface area contributed by atoms with Gasteiger partial charge in [-0.05, 0) is 34.6 Å². The molecule has 0 aromatic carbocycles. The van der Waals surface area contributed by atoms with Crippen LogP contribution in [-0.2, 0) is 18.9 Å². The summed E-state index contributed by atoms with van der Waals surface area (Å²) in [5.41, 5.74) is -2.03. The number of aliphatic hydroxyl groups excluding tert-OH is 1. The lowest BCUT2D eigenvalue weighted by Gasteiger charge is -2.24. The van der Waals surface area contributed by atoms with E-state index >= 15 is 0 Å². The SMILES string of the molecule is CC(C)(C)OC(=O)NCC#Cc1cn(C2OC(CO)C3OC(C)(C)OC32)c(=O)[nH]c1=O. The van der Waals surface area contributed by atoms with Gasteiger partial charge in [-0.3, -0.25) is 14.3 Å². The van der Waals surface area contributed by atoms with E-state index in [9.17, 15) is 19.5 Å². The van der Waals surface area contributed by atoms with Crippen molar-refractivity contribution < 1.29 is 28.8 Å². The second-order valence-corrected chi connectivity index (χ2v) is 8.68. The Labute approximate surface area is 178 Å². The Kier molecular flexibility index (Phi) is 6.29. The van der Waals surface area contributed by atoms with Crippen molar-refractivity contribution in [2.75, 3.05) is 13.2 Å². The molecule has 11 nitrogen and oxygen atoms in total. The standard InChI is InChI=1S/C20H27N3O8/c1-19(2,3)31-18(27)21-8-6-7-11-9-23(17(26)22-15(11)25)16-14-13(12(10-24)28-16)29-20(4,5)30-14/h9,12-14,16,24H,8,10H2,1-5H3,(H,21,27)(H,22,25,26). The van der Waals surface area contributed by atoms with Crippen LogP contribution < -0.4 is 16.6 Å². The van der Waals surface area contributed by atoms with E-state index in [1.54, 1.807) is 34.6 Å². The molecule has 2 fully saturated rings. The molecular weight excluding hydrogens is 410 g/mol. The summed E-state index contributed by atoms with van der Waals surface area (Å²) in [6.45, 7) is 8.27. The average molecular weight is 437 g/mol. The number of amides is 1. The first-order chi connectivity index (χ1) is 14.4. The highest BCUT2D eigenvalue weighted by Gasteiger charge is 2.55. The second kappa shape index (κ2) is 8.47. The monoisotopic (exact) mass is 437 g/mol. The largest absolute Gasteiger partial charge is 0.444 e. The quantitative estimate of drug-likeness (QED) is 0.553. The summed E-state index contributed by atoms with van der Waals surface area (Å²) in [7, 11) is 0. The molecule has 11 heteroatoms. The number of aromatic amines is 1. The maximum Gasteiger partial charge on any atom is 0.408 e. The summed E-state index contributed by atoms with van der Waals surface area (Å²) in [5, 5.41) is 12.1. The van der Waals surface area contributed by atoms with Crippen LogP contribution in [0, 0.1) is 11.8 Å². The topological polar surface area (TPSA) is 141 Å². The summed E-state index contributed by atoms with van der Waals surface area (Å²) in [5.74, 6) is 4.35. The van der Waals surface area contributed by atoms with Crippen molar-refractivity contribution in [3.8, 4) is 11.8 Å². The molecule has 1 amide bonds. The molecule has 4 atom stereocenters. The molecule has 3 heterocycles. The van der Waals surface area contributed by atoms with Gasteiger partial charge in [0.25, 0.3) is 5.56 Å². The third-order valence-electron chi connectivity index (χ3n) is 4.49. The van der Waals surface area contributed by atoms with E-state index in [2.05, 4.69) is 22.1 Å². The Morgan fingerprint density at radius 1 is 1.32 bits per heavy atom. The fourth-order valence-corrected chi connectivity index (χ4v) is 3.36. The van der Waals surface area contributed by atoms with Crippen LogP contribution in [0.1, 0.15) is 46.4 Å². The third kappa shape index (κ3) is 5.34. The van der Waals surface area contributed by atoms with Gasteiger partial charge < -0.3 is 29.4 Å². The van der Waals surface area contributed by atoms with Crippen molar-refractivity contribution in [2.24, 2.45) is 0 Å². The van der Waals surface area contributed by atoms with E-state index in [-0.39, 0.29) is 18.7 Å². The third-order valence-corrected chi connectivity index (χ3v) is 4.49. The zero-order valence-corrected chi connectivity index (χ0v) is 18.1. The minimum absolute atomic E-state index is 0.00337. The van der Waals surface area contributed by atoms with Crippen LogP contribution in [0.15, 0.2) is 15.8 Å². The number of alkyl carbamates (subject to hydrolysis) is 1. The minimum atomic E-state index is -0.922. The van der Waals surface area contributed by atoms with E-state index in [0.717, 1.165) is 4.57 Å².